The Morgan fingerprint density at radius 2 is 2.07 bits per heavy atom. The summed E-state index contributed by atoms with van der Waals surface area (Å²) < 4.78 is 38.5. The number of alkyl halides is 3. The van der Waals surface area contributed by atoms with Gasteiger partial charge in [-0.15, -0.1) is 0 Å². The van der Waals surface area contributed by atoms with Crippen molar-refractivity contribution in [3.05, 3.63) is 35.4 Å². The van der Waals surface area contributed by atoms with Crippen LogP contribution in [-0.4, -0.2) is 53.8 Å². The Hall–Kier alpha value is -2.09. The molecule has 2 rings (SSSR count). The summed E-state index contributed by atoms with van der Waals surface area (Å²) in [6, 6.07) is 5.32. The summed E-state index contributed by atoms with van der Waals surface area (Å²) in [5.74, 6) is -0.859. The fourth-order valence-corrected chi connectivity index (χ4v) is 3.42. The van der Waals surface area contributed by atoms with Crippen LogP contribution in [-0.2, 0) is 22.3 Å². The van der Waals surface area contributed by atoms with E-state index in [1.54, 1.807) is 6.07 Å². The number of nitrogens with one attached hydrogen (secondary N) is 1. The number of benzene rings is 1. The highest BCUT2D eigenvalue weighted by atomic mass is 19.4. The minimum absolute atomic E-state index is 0.0729. The van der Waals surface area contributed by atoms with Crippen LogP contribution >= 0.6 is 0 Å². The lowest BCUT2D eigenvalue weighted by Gasteiger charge is -2.25. The molecule has 1 aliphatic heterocycles. The van der Waals surface area contributed by atoms with Crippen molar-refractivity contribution in [2.75, 3.05) is 26.2 Å². The van der Waals surface area contributed by atoms with Crippen molar-refractivity contribution in [2.45, 2.75) is 46.0 Å². The largest absolute Gasteiger partial charge is 0.416 e. The second-order valence-corrected chi connectivity index (χ2v) is 7.39. The fourth-order valence-electron chi connectivity index (χ4n) is 3.42. The van der Waals surface area contributed by atoms with E-state index in [1.807, 2.05) is 0 Å². The second kappa shape index (κ2) is 9.41. The summed E-state index contributed by atoms with van der Waals surface area (Å²) >= 11 is 0. The Morgan fingerprint density at radius 1 is 1.36 bits per heavy atom. The first-order valence-electron chi connectivity index (χ1n) is 9.57. The highest BCUT2D eigenvalue weighted by Crippen LogP contribution is 2.30. The summed E-state index contributed by atoms with van der Waals surface area (Å²) in [6.07, 6.45) is -4.33. The highest BCUT2D eigenvalue weighted by molar-refractivity contribution is 5.89. The smallest absolute Gasteiger partial charge is 0.355 e. The number of amides is 2. The van der Waals surface area contributed by atoms with Crippen LogP contribution in [0.2, 0.25) is 0 Å². The highest BCUT2D eigenvalue weighted by Gasteiger charge is 2.35. The summed E-state index contributed by atoms with van der Waals surface area (Å²) in [5, 5.41) is 2.87. The van der Waals surface area contributed by atoms with Crippen molar-refractivity contribution < 1.29 is 22.8 Å². The molecule has 0 saturated carbocycles. The first-order valence-corrected chi connectivity index (χ1v) is 9.57. The fraction of sp³-hybridized carbons (Fsp3) is 0.600. The molecule has 0 radical (unpaired) electrons. The van der Waals surface area contributed by atoms with Gasteiger partial charge in [0.25, 0.3) is 0 Å². The monoisotopic (exact) mass is 399 g/mol. The number of rotatable bonds is 8. The molecule has 0 spiro atoms. The average molecular weight is 399 g/mol. The normalized spacial score (nSPS) is 17.6. The van der Waals surface area contributed by atoms with Crippen molar-refractivity contribution >= 4 is 11.8 Å². The Labute approximate surface area is 163 Å². The minimum Gasteiger partial charge on any atom is -0.355 e. The van der Waals surface area contributed by atoms with Gasteiger partial charge in [-0.25, -0.2) is 0 Å². The van der Waals surface area contributed by atoms with Crippen molar-refractivity contribution in [2.24, 2.45) is 5.92 Å². The minimum atomic E-state index is -4.42. The number of hydrogen-bond acceptors (Lipinski definition) is 3. The van der Waals surface area contributed by atoms with Gasteiger partial charge < -0.3 is 10.2 Å². The molecule has 28 heavy (non-hydrogen) atoms. The third-order valence-electron chi connectivity index (χ3n) is 5.05. The lowest BCUT2D eigenvalue weighted by Crippen LogP contribution is -2.40. The zero-order chi connectivity index (χ0) is 20.9. The van der Waals surface area contributed by atoms with Crippen LogP contribution in [0.15, 0.2) is 24.3 Å². The lowest BCUT2D eigenvalue weighted by atomic mass is 10.1. The zero-order valence-corrected chi connectivity index (χ0v) is 16.6. The Morgan fingerprint density at radius 3 is 2.68 bits per heavy atom. The van der Waals surface area contributed by atoms with E-state index in [-0.39, 0.29) is 31.3 Å². The topological polar surface area (TPSA) is 52.7 Å². The van der Waals surface area contributed by atoms with Crippen molar-refractivity contribution in [1.29, 1.82) is 0 Å². The predicted molar refractivity (Wildman–Crippen MR) is 100 cm³/mol. The summed E-state index contributed by atoms with van der Waals surface area (Å²) in [4.78, 5) is 28.2. The van der Waals surface area contributed by atoms with Crippen LogP contribution in [0.25, 0.3) is 0 Å². The molecule has 1 fully saturated rings. The molecule has 8 heteroatoms. The summed E-state index contributed by atoms with van der Waals surface area (Å²) in [6.45, 7) is 8.66. The number of carbonyl (C=O) groups excluding carboxylic acids is 2. The van der Waals surface area contributed by atoms with Crippen molar-refractivity contribution in [1.82, 2.24) is 15.1 Å². The van der Waals surface area contributed by atoms with E-state index in [0.717, 1.165) is 25.2 Å². The molecule has 1 N–H and O–H groups in total. The van der Waals surface area contributed by atoms with Gasteiger partial charge in [0, 0.05) is 38.6 Å². The number of nitrogens with zero attached hydrogens (tertiary/aromatic N) is 2. The molecular weight excluding hydrogens is 371 g/mol. The first-order chi connectivity index (χ1) is 13.1. The number of carbonyl (C=O) groups is 2. The van der Waals surface area contributed by atoms with Gasteiger partial charge in [-0.3, -0.25) is 14.5 Å². The van der Waals surface area contributed by atoms with Gasteiger partial charge in [0.1, 0.15) is 0 Å². The molecule has 0 bridgehead atoms. The SMILES string of the molecule is CCN(CCNC(=O)C1CC(=O)N(Cc2cccc(C(F)(F)F)c2)C1)C(C)C. The predicted octanol–water partition coefficient (Wildman–Crippen LogP) is 2.90. The molecule has 0 aliphatic carbocycles. The maximum atomic E-state index is 12.8. The molecule has 0 aromatic heterocycles. The molecule has 1 saturated heterocycles. The van der Waals surface area contributed by atoms with Crippen LogP contribution in [0, 0.1) is 5.92 Å². The van der Waals surface area contributed by atoms with Gasteiger partial charge in [-0.05, 0) is 38.1 Å². The number of likely N-dealkylation sites (N-methyl/N-ethyl adjacent to an activating group) is 1. The van der Waals surface area contributed by atoms with Crippen LogP contribution in [0.4, 0.5) is 13.2 Å². The van der Waals surface area contributed by atoms with Crippen LogP contribution in [0.1, 0.15) is 38.3 Å². The summed E-state index contributed by atoms with van der Waals surface area (Å²) in [7, 11) is 0. The quantitative estimate of drug-likeness (QED) is 0.731. The van der Waals surface area contributed by atoms with Crippen molar-refractivity contribution in [3.63, 3.8) is 0 Å². The molecule has 5 nitrogen and oxygen atoms in total. The molecule has 2 amide bonds. The lowest BCUT2D eigenvalue weighted by molar-refractivity contribution is -0.137. The molecular formula is C20H28F3N3O2. The number of hydrogen-bond donors (Lipinski definition) is 1. The van der Waals surface area contributed by atoms with Crippen molar-refractivity contribution in [3.8, 4) is 0 Å². The van der Waals surface area contributed by atoms with E-state index in [1.165, 1.54) is 11.0 Å². The third kappa shape index (κ3) is 5.95. The number of halogens is 3. The van der Waals surface area contributed by atoms with E-state index in [9.17, 15) is 22.8 Å². The molecule has 1 aromatic carbocycles. The van der Waals surface area contributed by atoms with Gasteiger partial charge in [-0.2, -0.15) is 13.2 Å². The van der Waals surface area contributed by atoms with Gasteiger partial charge in [0.15, 0.2) is 0 Å². The van der Waals surface area contributed by atoms with E-state index < -0.39 is 17.7 Å². The average Bonchev–Trinajstić information content (AvgIpc) is 2.98. The Kier molecular flexibility index (Phi) is 7.46. The molecule has 1 atom stereocenters. The van der Waals surface area contributed by atoms with Gasteiger partial charge in [-0.1, -0.05) is 19.1 Å². The first kappa shape index (κ1) is 22.2. The second-order valence-electron chi connectivity index (χ2n) is 7.39. The standard InChI is InChI=1S/C20H28F3N3O2/c1-4-25(14(2)3)9-8-24-19(28)16-11-18(27)26(13-16)12-15-6-5-7-17(10-15)20(21,22)23/h5-7,10,14,16H,4,8-9,11-13H2,1-3H3,(H,24,28). The van der Waals surface area contributed by atoms with Crippen LogP contribution in [0.5, 0.6) is 0 Å². The Balaban J connectivity index is 1.88. The molecule has 156 valence electrons. The van der Waals surface area contributed by atoms with E-state index in [2.05, 4.69) is 31.0 Å². The third-order valence-corrected chi connectivity index (χ3v) is 5.05. The zero-order valence-electron chi connectivity index (χ0n) is 16.6. The van der Waals surface area contributed by atoms with Gasteiger partial charge in [0.05, 0.1) is 11.5 Å². The van der Waals surface area contributed by atoms with Crippen LogP contribution in [0.3, 0.4) is 0 Å². The van der Waals surface area contributed by atoms with E-state index in [4.69, 9.17) is 0 Å². The van der Waals surface area contributed by atoms with E-state index in [0.29, 0.717) is 18.2 Å². The van der Waals surface area contributed by atoms with Gasteiger partial charge in [0.2, 0.25) is 11.8 Å². The maximum absolute atomic E-state index is 12.8. The Bertz CT molecular complexity index is 692. The van der Waals surface area contributed by atoms with E-state index >= 15 is 0 Å². The molecule has 1 heterocycles. The van der Waals surface area contributed by atoms with Gasteiger partial charge >= 0.3 is 6.18 Å². The molecule has 1 aromatic rings. The number of likely N-dealkylation sites (tertiary alicyclic amines) is 1. The van der Waals surface area contributed by atoms with Crippen LogP contribution < -0.4 is 5.32 Å². The molecule has 1 aliphatic rings. The maximum Gasteiger partial charge on any atom is 0.416 e. The molecule has 1 unspecified atom stereocenters. The summed E-state index contributed by atoms with van der Waals surface area (Å²) in [5.41, 5.74) is -0.337.